The maximum Gasteiger partial charge on any atom is 0.338 e. The molecule has 0 saturated carbocycles. The third-order valence-corrected chi connectivity index (χ3v) is 3.24. The van der Waals surface area contributed by atoms with Crippen molar-refractivity contribution in [3.8, 4) is 17.2 Å². The molecule has 0 unspecified atom stereocenters. The Morgan fingerprint density at radius 3 is 1.96 bits per heavy atom. The minimum atomic E-state index is -0.565. The summed E-state index contributed by atoms with van der Waals surface area (Å²) in [6.07, 6.45) is 0. The predicted octanol–water partition coefficient (Wildman–Crippen LogP) is 3.81. The van der Waals surface area contributed by atoms with Crippen molar-refractivity contribution in [2.75, 3.05) is 7.11 Å². The van der Waals surface area contributed by atoms with E-state index in [0.717, 1.165) is 0 Å². The summed E-state index contributed by atoms with van der Waals surface area (Å²) < 4.78 is 16.1. The largest absolute Gasteiger partial charge is 0.493 e. The van der Waals surface area contributed by atoms with Crippen LogP contribution in [0.25, 0.3) is 10.8 Å². The average Bonchev–Trinajstić information content (AvgIpc) is 2.56. The van der Waals surface area contributed by atoms with Gasteiger partial charge in [0, 0.05) is 28.0 Å². The van der Waals surface area contributed by atoms with Crippen LogP contribution in [0.2, 0.25) is 0 Å². The molecule has 0 spiro atoms. The molecule has 124 valence electrons. The van der Waals surface area contributed by atoms with E-state index in [1.165, 1.54) is 13.2 Å². The summed E-state index contributed by atoms with van der Waals surface area (Å²) in [5.74, 6) is -0.298. The third kappa shape index (κ3) is 3.46. The van der Waals surface area contributed by atoms with Crippen molar-refractivity contribution in [1.29, 1.82) is 0 Å². The van der Waals surface area contributed by atoms with Crippen LogP contribution in [-0.2, 0) is 9.59 Å². The Morgan fingerprint density at radius 1 is 0.875 bits per heavy atom. The van der Waals surface area contributed by atoms with Crippen LogP contribution in [0.15, 0.2) is 54.6 Å². The number of hydrogen-bond donors (Lipinski definition) is 0. The molecule has 2 aromatic rings. The number of methoxy groups -OCH3 is 1. The molecule has 0 aromatic heterocycles. The van der Waals surface area contributed by atoms with Crippen molar-refractivity contribution in [3.63, 3.8) is 0 Å². The minimum absolute atomic E-state index is 0.247. The number of hydrogen-bond acceptors (Lipinski definition) is 5. The third-order valence-electron chi connectivity index (χ3n) is 3.24. The maximum absolute atomic E-state index is 11.9. The second-order valence-electron chi connectivity index (χ2n) is 5.29. The highest BCUT2D eigenvalue weighted by Gasteiger charge is 2.19. The van der Waals surface area contributed by atoms with E-state index in [4.69, 9.17) is 14.2 Å². The molecule has 2 aromatic carbocycles. The van der Waals surface area contributed by atoms with E-state index >= 15 is 0 Å². The number of carbonyl (C=O) groups is 2. The Morgan fingerprint density at radius 2 is 1.42 bits per heavy atom. The van der Waals surface area contributed by atoms with Gasteiger partial charge in [-0.3, -0.25) is 0 Å². The Kier molecular flexibility index (Phi) is 5.04. The van der Waals surface area contributed by atoms with Gasteiger partial charge >= 0.3 is 11.9 Å². The van der Waals surface area contributed by atoms with Crippen molar-refractivity contribution in [2.45, 2.75) is 13.8 Å². The van der Waals surface area contributed by atoms with Gasteiger partial charge in [-0.1, -0.05) is 37.4 Å². The molecule has 0 bridgehead atoms. The lowest BCUT2D eigenvalue weighted by atomic mass is 10.1. The first-order chi connectivity index (χ1) is 11.3. The van der Waals surface area contributed by atoms with Gasteiger partial charge in [0.2, 0.25) is 0 Å². The molecule has 5 heteroatoms. The number of ether oxygens (including phenoxy) is 3. The Hall–Kier alpha value is -3.08. The summed E-state index contributed by atoms with van der Waals surface area (Å²) in [5, 5.41) is 1.19. The lowest BCUT2D eigenvalue weighted by Gasteiger charge is -2.15. The molecule has 24 heavy (non-hydrogen) atoms. The topological polar surface area (TPSA) is 61.8 Å². The number of rotatable bonds is 5. The number of carbonyl (C=O) groups excluding carboxylic acids is 2. The lowest BCUT2D eigenvalue weighted by Crippen LogP contribution is -2.11. The summed E-state index contributed by atoms with van der Waals surface area (Å²) in [4.78, 5) is 23.7. The van der Waals surface area contributed by atoms with Crippen LogP contribution in [-0.4, -0.2) is 19.0 Å². The van der Waals surface area contributed by atoms with Crippen molar-refractivity contribution in [2.24, 2.45) is 0 Å². The van der Waals surface area contributed by atoms with Crippen molar-refractivity contribution >= 4 is 22.7 Å². The summed E-state index contributed by atoms with van der Waals surface area (Å²) in [5.41, 5.74) is 0.537. The van der Waals surface area contributed by atoms with Gasteiger partial charge in [-0.15, -0.1) is 0 Å². The minimum Gasteiger partial charge on any atom is -0.493 e. The number of benzene rings is 2. The molecular formula is C19H18O5. The van der Waals surface area contributed by atoms with Gasteiger partial charge in [-0.2, -0.15) is 0 Å². The highest BCUT2D eigenvalue weighted by Crippen LogP contribution is 2.41. The molecule has 0 N–H and O–H groups in total. The molecule has 0 aliphatic heterocycles. The highest BCUT2D eigenvalue weighted by atomic mass is 16.6. The SMILES string of the molecule is C=C(C)C(=O)Oc1cc(OC)c(OC(=O)C(=C)C)c2ccccc12. The van der Waals surface area contributed by atoms with Crippen LogP contribution in [0, 0.1) is 0 Å². The van der Waals surface area contributed by atoms with Crippen LogP contribution < -0.4 is 14.2 Å². The van der Waals surface area contributed by atoms with Gasteiger partial charge in [0.05, 0.1) is 7.11 Å². The van der Waals surface area contributed by atoms with E-state index in [-0.39, 0.29) is 22.6 Å². The van der Waals surface area contributed by atoms with Crippen LogP contribution in [0.3, 0.4) is 0 Å². The number of fused-ring (bicyclic) bond motifs is 1. The summed E-state index contributed by atoms with van der Waals surface area (Å²) in [6.45, 7) is 10.2. The highest BCUT2D eigenvalue weighted by molar-refractivity contribution is 6.01. The van der Waals surface area contributed by atoms with Gasteiger partial charge in [-0.25, -0.2) is 9.59 Å². The monoisotopic (exact) mass is 326 g/mol. The second-order valence-corrected chi connectivity index (χ2v) is 5.29. The van der Waals surface area contributed by atoms with Gasteiger partial charge in [-0.05, 0) is 13.8 Å². The molecule has 0 radical (unpaired) electrons. The quantitative estimate of drug-likeness (QED) is 0.475. The molecule has 2 rings (SSSR count). The fourth-order valence-electron chi connectivity index (χ4n) is 2.00. The van der Waals surface area contributed by atoms with Crippen molar-refractivity contribution in [3.05, 3.63) is 54.6 Å². The first-order valence-electron chi connectivity index (χ1n) is 7.20. The molecule has 0 aliphatic carbocycles. The van der Waals surface area contributed by atoms with Crippen LogP contribution in [0.1, 0.15) is 13.8 Å². The van der Waals surface area contributed by atoms with Gasteiger partial charge < -0.3 is 14.2 Å². The normalized spacial score (nSPS) is 10.1. The average molecular weight is 326 g/mol. The molecule has 0 fully saturated rings. The van der Waals surface area contributed by atoms with Crippen LogP contribution in [0.4, 0.5) is 0 Å². The lowest BCUT2D eigenvalue weighted by molar-refractivity contribution is -0.131. The standard InChI is InChI=1S/C19H18O5/c1-11(2)18(20)23-15-10-16(22-5)17(24-19(21)12(3)4)14-9-7-6-8-13(14)15/h6-10H,1,3H2,2,4-5H3. The van der Waals surface area contributed by atoms with Crippen molar-refractivity contribution < 1.29 is 23.8 Å². The van der Waals surface area contributed by atoms with Crippen LogP contribution in [0.5, 0.6) is 17.2 Å². The molecule has 0 atom stereocenters. The molecule has 0 amide bonds. The van der Waals surface area contributed by atoms with E-state index in [1.54, 1.807) is 38.1 Å². The zero-order chi connectivity index (χ0) is 17.9. The maximum atomic E-state index is 11.9. The Balaban J connectivity index is 2.64. The van der Waals surface area contributed by atoms with Gasteiger partial charge in [0.25, 0.3) is 0 Å². The van der Waals surface area contributed by atoms with E-state index in [2.05, 4.69) is 13.2 Å². The molecular weight excluding hydrogens is 308 g/mol. The fourth-order valence-corrected chi connectivity index (χ4v) is 2.00. The van der Waals surface area contributed by atoms with E-state index in [9.17, 15) is 9.59 Å². The smallest absolute Gasteiger partial charge is 0.338 e. The molecule has 0 aliphatic rings. The van der Waals surface area contributed by atoms with E-state index in [0.29, 0.717) is 16.5 Å². The predicted molar refractivity (Wildman–Crippen MR) is 91.4 cm³/mol. The summed E-state index contributed by atoms with van der Waals surface area (Å²) in [6, 6.07) is 8.58. The summed E-state index contributed by atoms with van der Waals surface area (Å²) >= 11 is 0. The second kappa shape index (κ2) is 7.00. The zero-order valence-electron chi connectivity index (χ0n) is 13.8. The first kappa shape index (κ1) is 17.3. The Labute approximate surface area is 140 Å². The summed E-state index contributed by atoms with van der Waals surface area (Å²) in [7, 11) is 1.44. The van der Waals surface area contributed by atoms with Crippen molar-refractivity contribution in [1.82, 2.24) is 0 Å². The Bertz CT molecular complexity index is 848. The van der Waals surface area contributed by atoms with E-state index < -0.39 is 11.9 Å². The van der Waals surface area contributed by atoms with Gasteiger partial charge in [0.1, 0.15) is 5.75 Å². The molecule has 0 saturated heterocycles. The number of esters is 2. The fraction of sp³-hybridized carbons (Fsp3) is 0.158. The molecule has 0 heterocycles. The van der Waals surface area contributed by atoms with Crippen LogP contribution >= 0.6 is 0 Å². The van der Waals surface area contributed by atoms with Gasteiger partial charge in [0.15, 0.2) is 11.5 Å². The molecule has 5 nitrogen and oxygen atoms in total. The zero-order valence-corrected chi connectivity index (χ0v) is 13.8. The van der Waals surface area contributed by atoms with E-state index in [1.807, 2.05) is 0 Å². The first-order valence-corrected chi connectivity index (χ1v) is 7.20.